The lowest BCUT2D eigenvalue weighted by atomic mass is 10.2. The van der Waals surface area contributed by atoms with Crippen molar-refractivity contribution in [1.82, 2.24) is 29.7 Å². The van der Waals surface area contributed by atoms with Gasteiger partial charge in [0, 0.05) is 10.7 Å². The van der Waals surface area contributed by atoms with Gasteiger partial charge in [-0.25, -0.2) is 4.68 Å². The van der Waals surface area contributed by atoms with Crippen molar-refractivity contribution < 1.29 is 4.79 Å². The quantitative estimate of drug-likeness (QED) is 0.545. The average Bonchev–Trinajstić information content (AvgIpc) is 3.21. The number of pyridine rings is 1. The van der Waals surface area contributed by atoms with Gasteiger partial charge in [-0.3, -0.25) is 9.20 Å². The van der Waals surface area contributed by atoms with E-state index in [-0.39, 0.29) is 12.5 Å². The van der Waals surface area contributed by atoms with Gasteiger partial charge >= 0.3 is 0 Å². The number of nitrogens with zero attached hydrogens (tertiary/aromatic N) is 5. The SMILES string of the molecule is Cc1nn(-c2ccc(Br)cc2)c(C)c1C(=O)NCc1nnc2ccccn12. The fraction of sp³-hybridized carbons (Fsp3) is 0.158. The summed E-state index contributed by atoms with van der Waals surface area (Å²) in [6, 6.07) is 13.5. The van der Waals surface area contributed by atoms with E-state index in [4.69, 9.17) is 0 Å². The zero-order chi connectivity index (χ0) is 19.0. The summed E-state index contributed by atoms with van der Waals surface area (Å²) >= 11 is 3.43. The number of benzene rings is 1. The second kappa shape index (κ2) is 6.96. The van der Waals surface area contributed by atoms with E-state index in [2.05, 4.69) is 36.5 Å². The van der Waals surface area contributed by atoms with Crippen LogP contribution in [0, 0.1) is 13.8 Å². The number of carbonyl (C=O) groups excluding carboxylic acids is 1. The standard InChI is InChI=1S/C19H17BrN6O/c1-12-18(13(2)26(24-12)15-8-6-14(20)7-9-15)19(27)21-11-17-23-22-16-5-3-4-10-25(16)17/h3-10H,11H2,1-2H3,(H,21,27). The monoisotopic (exact) mass is 424 g/mol. The summed E-state index contributed by atoms with van der Waals surface area (Å²) in [7, 11) is 0. The van der Waals surface area contributed by atoms with Crippen molar-refractivity contribution in [2.45, 2.75) is 20.4 Å². The van der Waals surface area contributed by atoms with Gasteiger partial charge in [-0.05, 0) is 50.2 Å². The van der Waals surface area contributed by atoms with Gasteiger partial charge in [-0.15, -0.1) is 10.2 Å². The second-order valence-corrected chi connectivity index (χ2v) is 7.08. The molecule has 0 aliphatic carbocycles. The normalized spacial score (nSPS) is 11.1. The minimum Gasteiger partial charge on any atom is -0.345 e. The molecule has 136 valence electrons. The number of hydrogen-bond donors (Lipinski definition) is 1. The van der Waals surface area contributed by atoms with E-state index in [0.29, 0.717) is 17.1 Å². The zero-order valence-corrected chi connectivity index (χ0v) is 16.4. The van der Waals surface area contributed by atoms with Gasteiger partial charge in [0.1, 0.15) is 0 Å². The lowest BCUT2D eigenvalue weighted by Crippen LogP contribution is -2.25. The molecule has 0 aliphatic rings. The Morgan fingerprint density at radius 1 is 1.11 bits per heavy atom. The molecule has 3 heterocycles. The molecule has 0 bridgehead atoms. The molecular weight excluding hydrogens is 408 g/mol. The summed E-state index contributed by atoms with van der Waals surface area (Å²) < 4.78 is 4.63. The smallest absolute Gasteiger partial charge is 0.255 e. The number of amides is 1. The molecule has 7 nitrogen and oxygen atoms in total. The molecule has 0 fully saturated rings. The Kier molecular flexibility index (Phi) is 4.49. The van der Waals surface area contributed by atoms with Gasteiger partial charge < -0.3 is 5.32 Å². The second-order valence-electron chi connectivity index (χ2n) is 6.16. The van der Waals surface area contributed by atoms with Gasteiger partial charge in [0.2, 0.25) is 0 Å². The van der Waals surface area contributed by atoms with Gasteiger partial charge in [-0.1, -0.05) is 22.0 Å². The Labute approximate surface area is 164 Å². The van der Waals surface area contributed by atoms with Crippen LogP contribution in [0.2, 0.25) is 0 Å². The maximum atomic E-state index is 12.8. The van der Waals surface area contributed by atoms with E-state index >= 15 is 0 Å². The largest absolute Gasteiger partial charge is 0.345 e. The number of halogens is 1. The number of fused-ring (bicyclic) bond motifs is 1. The number of rotatable bonds is 4. The fourth-order valence-electron chi connectivity index (χ4n) is 3.06. The highest BCUT2D eigenvalue weighted by Gasteiger charge is 2.20. The lowest BCUT2D eigenvalue weighted by molar-refractivity contribution is 0.0948. The van der Waals surface area contributed by atoms with Crippen molar-refractivity contribution in [3.8, 4) is 5.69 Å². The molecule has 0 saturated carbocycles. The van der Waals surface area contributed by atoms with Crippen molar-refractivity contribution in [1.29, 1.82) is 0 Å². The van der Waals surface area contributed by atoms with Crippen LogP contribution in [0.25, 0.3) is 11.3 Å². The van der Waals surface area contributed by atoms with Crippen LogP contribution in [-0.2, 0) is 6.54 Å². The third kappa shape index (κ3) is 3.23. The maximum absolute atomic E-state index is 12.8. The zero-order valence-electron chi connectivity index (χ0n) is 14.8. The third-order valence-corrected chi connectivity index (χ3v) is 4.91. The van der Waals surface area contributed by atoms with Crippen LogP contribution in [0.5, 0.6) is 0 Å². The molecule has 0 unspecified atom stereocenters. The highest BCUT2D eigenvalue weighted by Crippen LogP contribution is 2.20. The van der Waals surface area contributed by atoms with Crippen LogP contribution in [-0.4, -0.2) is 30.3 Å². The first-order valence-corrected chi connectivity index (χ1v) is 9.23. The van der Waals surface area contributed by atoms with E-state index in [9.17, 15) is 4.79 Å². The Balaban J connectivity index is 1.58. The van der Waals surface area contributed by atoms with Gasteiger partial charge in [0.25, 0.3) is 5.91 Å². The number of aryl methyl sites for hydroxylation is 1. The summed E-state index contributed by atoms with van der Waals surface area (Å²) in [5.74, 6) is 0.496. The van der Waals surface area contributed by atoms with Crippen molar-refractivity contribution >= 4 is 27.5 Å². The van der Waals surface area contributed by atoms with Crippen molar-refractivity contribution in [3.05, 3.63) is 75.9 Å². The molecule has 1 aromatic carbocycles. The van der Waals surface area contributed by atoms with Gasteiger partial charge in [-0.2, -0.15) is 5.10 Å². The first kappa shape index (κ1) is 17.4. The summed E-state index contributed by atoms with van der Waals surface area (Å²) in [6.07, 6.45) is 1.87. The minimum atomic E-state index is -0.180. The molecule has 3 aromatic heterocycles. The molecule has 0 aliphatic heterocycles. The Hall–Kier alpha value is -3.00. The van der Waals surface area contributed by atoms with E-state index in [1.165, 1.54) is 0 Å². The highest BCUT2D eigenvalue weighted by molar-refractivity contribution is 9.10. The molecule has 1 N–H and O–H groups in total. The van der Waals surface area contributed by atoms with Crippen molar-refractivity contribution in [2.24, 2.45) is 0 Å². The van der Waals surface area contributed by atoms with Gasteiger partial charge in [0.05, 0.1) is 29.2 Å². The van der Waals surface area contributed by atoms with Crippen LogP contribution in [0.1, 0.15) is 27.6 Å². The third-order valence-electron chi connectivity index (χ3n) is 4.38. The van der Waals surface area contributed by atoms with Crippen LogP contribution >= 0.6 is 15.9 Å². The Morgan fingerprint density at radius 3 is 2.67 bits per heavy atom. The fourth-order valence-corrected chi connectivity index (χ4v) is 3.33. The average molecular weight is 425 g/mol. The molecule has 0 spiro atoms. The van der Waals surface area contributed by atoms with Crippen LogP contribution < -0.4 is 5.32 Å². The number of aromatic nitrogens is 5. The predicted octanol–water partition coefficient (Wildman–Crippen LogP) is 3.22. The van der Waals surface area contributed by atoms with E-state index in [0.717, 1.165) is 21.5 Å². The van der Waals surface area contributed by atoms with Crippen LogP contribution in [0.4, 0.5) is 0 Å². The van der Waals surface area contributed by atoms with Crippen molar-refractivity contribution in [2.75, 3.05) is 0 Å². The molecule has 27 heavy (non-hydrogen) atoms. The number of carbonyl (C=O) groups is 1. The molecule has 4 aromatic rings. The topological polar surface area (TPSA) is 77.1 Å². The molecule has 0 saturated heterocycles. The molecular formula is C19H17BrN6O. The predicted molar refractivity (Wildman–Crippen MR) is 105 cm³/mol. The van der Waals surface area contributed by atoms with E-state index < -0.39 is 0 Å². The maximum Gasteiger partial charge on any atom is 0.255 e. The molecule has 1 amide bonds. The van der Waals surface area contributed by atoms with E-state index in [1.54, 1.807) is 4.68 Å². The van der Waals surface area contributed by atoms with Crippen LogP contribution in [0.15, 0.2) is 53.1 Å². The summed E-state index contributed by atoms with van der Waals surface area (Å²) in [6.45, 7) is 4.01. The van der Waals surface area contributed by atoms with Crippen LogP contribution in [0.3, 0.4) is 0 Å². The minimum absolute atomic E-state index is 0.180. The Morgan fingerprint density at radius 2 is 1.89 bits per heavy atom. The molecule has 4 rings (SSSR count). The molecule has 0 atom stereocenters. The highest BCUT2D eigenvalue weighted by atomic mass is 79.9. The summed E-state index contributed by atoms with van der Waals surface area (Å²) in [5, 5.41) is 15.7. The number of nitrogens with one attached hydrogen (secondary N) is 1. The molecule has 8 heteroatoms. The molecule has 0 radical (unpaired) electrons. The summed E-state index contributed by atoms with van der Waals surface area (Å²) in [4.78, 5) is 12.8. The first-order valence-electron chi connectivity index (χ1n) is 8.43. The summed E-state index contributed by atoms with van der Waals surface area (Å²) in [5.41, 5.74) is 3.70. The lowest BCUT2D eigenvalue weighted by Gasteiger charge is -2.06. The first-order chi connectivity index (χ1) is 13.0. The Bertz CT molecular complexity index is 1130. The van der Waals surface area contributed by atoms with E-state index in [1.807, 2.05) is 66.9 Å². The number of hydrogen-bond acceptors (Lipinski definition) is 4. The van der Waals surface area contributed by atoms with Gasteiger partial charge in [0.15, 0.2) is 11.5 Å². The van der Waals surface area contributed by atoms with Crippen molar-refractivity contribution in [3.63, 3.8) is 0 Å².